The third-order valence-electron chi connectivity index (χ3n) is 3.26. The van der Waals surface area contributed by atoms with Crippen LogP contribution >= 0.6 is 11.3 Å². The molecule has 6 nitrogen and oxygen atoms in total. The number of rotatable bonds is 5. The zero-order chi connectivity index (χ0) is 15.2. The summed E-state index contributed by atoms with van der Waals surface area (Å²) in [5.41, 5.74) is 0.873. The van der Waals surface area contributed by atoms with Crippen LogP contribution in [0.1, 0.15) is 10.7 Å². The lowest BCUT2D eigenvalue weighted by Gasteiger charge is -2.10. The van der Waals surface area contributed by atoms with Crippen molar-refractivity contribution in [2.24, 2.45) is 4.99 Å². The number of thiophene rings is 1. The van der Waals surface area contributed by atoms with Gasteiger partial charge in [-0.25, -0.2) is 0 Å². The summed E-state index contributed by atoms with van der Waals surface area (Å²) in [5, 5.41) is 17.0. The minimum atomic E-state index is 0.750. The summed E-state index contributed by atoms with van der Waals surface area (Å²) in [7, 11) is 1.77. The van der Waals surface area contributed by atoms with Crippen LogP contribution in [-0.2, 0) is 13.0 Å². The summed E-state index contributed by atoms with van der Waals surface area (Å²) < 4.78 is 2.00. The smallest absolute Gasteiger partial charge is 0.191 e. The standard InChI is InChI=1S/C15H18N6S/c1-16-15(18-11-12-5-4-10-22-12)17-8-7-14-20-19-13-6-2-3-9-21(13)14/h2-6,9-10H,7-8,11H2,1H3,(H2,16,17,18). The first-order valence-corrected chi connectivity index (χ1v) is 8.00. The molecule has 0 spiro atoms. The number of fused-ring (bicyclic) bond motifs is 1. The van der Waals surface area contributed by atoms with Gasteiger partial charge in [0.05, 0.1) is 6.54 Å². The molecule has 0 radical (unpaired) electrons. The van der Waals surface area contributed by atoms with E-state index in [2.05, 4.69) is 37.3 Å². The molecular weight excluding hydrogens is 296 g/mol. The molecule has 114 valence electrons. The van der Waals surface area contributed by atoms with Gasteiger partial charge in [0.1, 0.15) is 5.82 Å². The highest BCUT2D eigenvalue weighted by molar-refractivity contribution is 7.09. The summed E-state index contributed by atoms with van der Waals surface area (Å²) in [5.74, 6) is 1.74. The van der Waals surface area contributed by atoms with E-state index < -0.39 is 0 Å². The van der Waals surface area contributed by atoms with Crippen molar-refractivity contribution in [3.05, 3.63) is 52.6 Å². The van der Waals surface area contributed by atoms with E-state index >= 15 is 0 Å². The summed E-state index contributed by atoms with van der Waals surface area (Å²) in [6, 6.07) is 10.0. The normalized spacial score (nSPS) is 11.8. The molecule has 0 atom stereocenters. The minimum Gasteiger partial charge on any atom is -0.356 e. The van der Waals surface area contributed by atoms with E-state index in [1.807, 2.05) is 34.9 Å². The number of aliphatic imine (C=N–C) groups is 1. The molecule has 0 saturated heterocycles. The van der Waals surface area contributed by atoms with E-state index in [-0.39, 0.29) is 0 Å². The quantitative estimate of drug-likeness (QED) is 0.556. The van der Waals surface area contributed by atoms with Crippen LogP contribution in [0.5, 0.6) is 0 Å². The Balaban J connectivity index is 1.51. The zero-order valence-electron chi connectivity index (χ0n) is 12.4. The van der Waals surface area contributed by atoms with E-state index in [0.29, 0.717) is 0 Å². The first kappa shape index (κ1) is 14.5. The van der Waals surface area contributed by atoms with Crippen molar-refractivity contribution in [3.8, 4) is 0 Å². The van der Waals surface area contributed by atoms with Gasteiger partial charge in [0.25, 0.3) is 0 Å². The number of pyridine rings is 1. The van der Waals surface area contributed by atoms with Crippen LogP contribution < -0.4 is 10.6 Å². The maximum atomic E-state index is 4.22. The van der Waals surface area contributed by atoms with Gasteiger partial charge in [0, 0.05) is 31.1 Å². The fraction of sp³-hybridized carbons (Fsp3) is 0.267. The van der Waals surface area contributed by atoms with E-state index in [9.17, 15) is 0 Å². The Bertz CT molecular complexity index is 746. The van der Waals surface area contributed by atoms with Crippen molar-refractivity contribution in [1.82, 2.24) is 25.2 Å². The van der Waals surface area contributed by atoms with Gasteiger partial charge >= 0.3 is 0 Å². The summed E-state index contributed by atoms with van der Waals surface area (Å²) in [6.45, 7) is 1.53. The van der Waals surface area contributed by atoms with Gasteiger partial charge in [-0.3, -0.25) is 9.39 Å². The minimum absolute atomic E-state index is 0.750. The highest BCUT2D eigenvalue weighted by atomic mass is 32.1. The number of aromatic nitrogens is 3. The Kier molecular flexibility index (Phi) is 4.65. The summed E-state index contributed by atoms with van der Waals surface area (Å²) in [4.78, 5) is 5.51. The Morgan fingerprint density at radius 1 is 1.23 bits per heavy atom. The molecule has 3 aromatic heterocycles. The molecule has 3 heterocycles. The van der Waals surface area contributed by atoms with Crippen LogP contribution in [0.2, 0.25) is 0 Å². The number of hydrogen-bond donors (Lipinski definition) is 2. The van der Waals surface area contributed by atoms with Crippen molar-refractivity contribution in [2.45, 2.75) is 13.0 Å². The molecule has 22 heavy (non-hydrogen) atoms. The lowest BCUT2D eigenvalue weighted by atomic mass is 10.4. The summed E-state index contributed by atoms with van der Waals surface area (Å²) in [6.07, 6.45) is 2.76. The second-order valence-corrected chi connectivity index (χ2v) is 5.76. The maximum Gasteiger partial charge on any atom is 0.191 e. The fourth-order valence-electron chi connectivity index (χ4n) is 2.16. The number of hydrogen-bond acceptors (Lipinski definition) is 4. The Morgan fingerprint density at radius 3 is 3.00 bits per heavy atom. The molecule has 0 unspecified atom stereocenters. The van der Waals surface area contributed by atoms with Gasteiger partial charge in [0.15, 0.2) is 11.6 Å². The van der Waals surface area contributed by atoms with Gasteiger partial charge in [-0.1, -0.05) is 12.1 Å². The average molecular weight is 314 g/mol. The molecule has 7 heteroatoms. The van der Waals surface area contributed by atoms with E-state index in [4.69, 9.17) is 0 Å². The van der Waals surface area contributed by atoms with E-state index in [1.165, 1.54) is 4.88 Å². The molecule has 0 aromatic carbocycles. The Labute approximate surface area is 132 Å². The number of nitrogens with zero attached hydrogens (tertiary/aromatic N) is 4. The third-order valence-corrected chi connectivity index (χ3v) is 4.14. The molecule has 0 fully saturated rings. The lowest BCUT2D eigenvalue weighted by Crippen LogP contribution is -2.37. The van der Waals surface area contributed by atoms with Crippen molar-refractivity contribution in [1.29, 1.82) is 0 Å². The molecule has 0 saturated carbocycles. The van der Waals surface area contributed by atoms with Crippen molar-refractivity contribution in [3.63, 3.8) is 0 Å². The lowest BCUT2D eigenvalue weighted by molar-refractivity contribution is 0.763. The van der Waals surface area contributed by atoms with Gasteiger partial charge in [-0.15, -0.1) is 21.5 Å². The largest absolute Gasteiger partial charge is 0.356 e. The van der Waals surface area contributed by atoms with E-state index in [0.717, 1.165) is 36.9 Å². The van der Waals surface area contributed by atoms with Gasteiger partial charge < -0.3 is 10.6 Å². The fourth-order valence-corrected chi connectivity index (χ4v) is 2.80. The highest BCUT2D eigenvalue weighted by Gasteiger charge is 2.05. The Hall–Kier alpha value is -2.41. The molecule has 0 aliphatic carbocycles. The number of nitrogens with one attached hydrogen (secondary N) is 2. The molecule has 0 aliphatic rings. The van der Waals surface area contributed by atoms with Crippen molar-refractivity contribution in [2.75, 3.05) is 13.6 Å². The van der Waals surface area contributed by atoms with Crippen LogP contribution in [0.15, 0.2) is 46.9 Å². The SMILES string of the molecule is CN=C(NCCc1nnc2ccccn12)NCc1cccs1. The number of guanidine groups is 1. The first-order valence-electron chi connectivity index (χ1n) is 7.12. The molecule has 2 N–H and O–H groups in total. The van der Waals surface area contributed by atoms with Crippen molar-refractivity contribution >= 4 is 22.9 Å². The second kappa shape index (κ2) is 7.04. The second-order valence-electron chi connectivity index (χ2n) is 4.73. The maximum absolute atomic E-state index is 4.22. The third kappa shape index (κ3) is 3.43. The van der Waals surface area contributed by atoms with Gasteiger partial charge in [0.2, 0.25) is 0 Å². The predicted octanol–water partition coefficient (Wildman–Crippen LogP) is 1.70. The monoisotopic (exact) mass is 314 g/mol. The highest BCUT2D eigenvalue weighted by Crippen LogP contribution is 2.07. The van der Waals surface area contributed by atoms with Crippen LogP contribution in [0.25, 0.3) is 5.65 Å². The molecule has 0 aliphatic heterocycles. The first-order chi connectivity index (χ1) is 10.9. The molecule has 0 bridgehead atoms. The predicted molar refractivity (Wildman–Crippen MR) is 89.2 cm³/mol. The molecule has 3 aromatic rings. The van der Waals surface area contributed by atoms with Crippen LogP contribution in [0.4, 0.5) is 0 Å². The van der Waals surface area contributed by atoms with Crippen LogP contribution in [0.3, 0.4) is 0 Å². The van der Waals surface area contributed by atoms with E-state index in [1.54, 1.807) is 18.4 Å². The Morgan fingerprint density at radius 2 is 2.18 bits per heavy atom. The van der Waals surface area contributed by atoms with Crippen LogP contribution in [0, 0.1) is 0 Å². The van der Waals surface area contributed by atoms with Crippen LogP contribution in [-0.4, -0.2) is 34.2 Å². The molecular formula is C15H18N6S. The van der Waals surface area contributed by atoms with Gasteiger partial charge in [-0.05, 0) is 23.6 Å². The molecule has 0 amide bonds. The van der Waals surface area contributed by atoms with Crippen molar-refractivity contribution < 1.29 is 0 Å². The average Bonchev–Trinajstić information content (AvgIpc) is 3.20. The molecule has 3 rings (SSSR count). The van der Waals surface area contributed by atoms with Gasteiger partial charge in [-0.2, -0.15) is 0 Å². The topological polar surface area (TPSA) is 66.6 Å². The summed E-state index contributed by atoms with van der Waals surface area (Å²) >= 11 is 1.73. The zero-order valence-corrected chi connectivity index (χ0v) is 13.2.